The number of nitrogens with zero attached hydrogens (tertiary/aromatic N) is 1. The van der Waals surface area contributed by atoms with Crippen molar-refractivity contribution in [2.75, 3.05) is 20.3 Å². The number of Topliss-reactive ketones (excluding diaryl/α,β-unsaturated/α-hetero) is 2. The first-order chi connectivity index (χ1) is 16.5. The number of hydrogen-bond donors (Lipinski definition) is 4. The van der Waals surface area contributed by atoms with Gasteiger partial charge < -0.3 is 30.7 Å². The van der Waals surface area contributed by atoms with Gasteiger partial charge in [0.1, 0.15) is 6.61 Å². The normalized spacial score (nSPS) is 29.2. The number of methoxy groups -OCH3 is 1. The van der Waals surface area contributed by atoms with E-state index in [1.165, 1.54) is 19.2 Å². The molecule has 2 saturated heterocycles. The van der Waals surface area contributed by atoms with Gasteiger partial charge in [0.2, 0.25) is 21.6 Å². The van der Waals surface area contributed by atoms with Crippen LogP contribution in [0.15, 0.2) is 51.7 Å². The predicted octanol–water partition coefficient (Wildman–Crippen LogP) is -1.17. The van der Waals surface area contributed by atoms with Gasteiger partial charge in [0, 0.05) is 37.4 Å². The van der Waals surface area contributed by atoms with Crippen LogP contribution in [0.4, 0.5) is 4.79 Å². The fourth-order valence-electron chi connectivity index (χ4n) is 5.49. The van der Waals surface area contributed by atoms with Gasteiger partial charge >= 0.3 is 6.09 Å². The van der Waals surface area contributed by atoms with Crippen LogP contribution in [0.25, 0.3) is 0 Å². The summed E-state index contributed by atoms with van der Waals surface area (Å²) in [5, 5.41) is 11.5. The van der Waals surface area contributed by atoms with Gasteiger partial charge in [0.25, 0.3) is 0 Å². The molecule has 186 valence electrons. The Balaban J connectivity index is 1.45. The molecule has 0 radical (unpaired) electrons. The zero-order valence-electron chi connectivity index (χ0n) is 19.0. The Morgan fingerprint density at radius 1 is 1.26 bits per heavy atom. The van der Waals surface area contributed by atoms with E-state index < -0.39 is 27.8 Å². The lowest BCUT2D eigenvalue weighted by molar-refractivity contribution is -0.137. The van der Waals surface area contributed by atoms with E-state index in [2.05, 4.69) is 10.6 Å². The number of fused-ring (bicyclic) bond motifs is 4. The van der Waals surface area contributed by atoms with Crippen molar-refractivity contribution in [1.29, 1.82) is 0 Å². The molecule has 6 N–H and O–H groups in total. The maximum absolute atomic E-state index is 13.7. The van der Waals surface area contributed by atoms with Gasteiger partial charge in [-0.25, -0.2) is 18.4 Å². The number of piperazine rings is 1. The molecule has 4 atom stereocenters. The average molecular weight is 504 g/mol. The van der Waals surface area contributed by atoms with Crippen molar-refractivity contribution in [2.24, 2.45) is 16.8 Å². The molecular weight excluding hydrogens is 478 g/mol. The molecule has 5 rings (SSSR count). The zero-order valence-corrected chi connectivity index (χ0v) is 19.8. The van der Waals surface area contributed by atoms with Gasteiger partial charge in [-0.05, 0) is 24.6 Å². The van der Waals surface area contributed by atoms with Gasteiger partial charge in [0.05, 0.1) is 28.2 Å². The van der Waals surface area contributed by atoms with E-state index >= 15 is 0 Å². The molecule has 4 aliphatic rings. The fraction of sp³-hybridized carbons (Fsp3) is 0.409. The molecule has 1 aromatic carbocycles. The van der Waals surface area contributed by atoms with Crippen LogP contribution in [0.5, 0.6) is 0 Å². The highest BCUT2D eigenvalue weighted by Crippen LogP contribution is 2.55. The highest BCUT2D eigenvalue weighted by Gasteiger charge is 2.72. The summed E-state index contributed by atoms with van der Waals surface area (Å²) in [6, 6.07) is 5.84. The summed E-state index contributed by atoms with van der Waals surface area (Å²) < 4.78 is 34.0. The lowest BCUT2D eigenvalue weighted by atomic mass is 9.82. The summed E-state index contributed by atoms with van der Waals surface area (Å²) in [7, 11) is -2.32. The topological polar surface area (TPSA) is 193 Å². The zero-order chi connectivity index (χ0) is 25.3. The number of carbonyl (C=O) groups excluding carboxylic acids is 3. The number of rotatable bonds is 7. The second-order valence-corrected chi connectivity index (χ2v) is 10.5. The minimum Gasteiger partial charge on any atom is -0.449 e. The van der Waals surface area contributed by atoms with Crippen LogP contribution < -0.4 is 21.5 Å². The average Bonchev–Trinajstić information content (AvgIpc) is 3.41. The van der Waals surface area contributed by atoms with Crippen molar-refractivity contribution in [3.05, 3.63) is 52.4 Å². The predicted molar refractivity (Wildman–Crippen MR) is 121 cm³/mol. The third-order valence-corrected chi connectivity index (χ3v) is 8.08. The molecule has 12 nitrogen and oxygen atoms in total. The number of ether oxygens (including phenoxy) is 2. The smallest absolute Gasteiger partial charge is 0.404 e. The number of sulfonamides is 1. The number of benzene rings is 1. The van der Waals surface area contributed by atoms with Gasteiger partial charge in [-0.3, -0.25) is 9.59 Å². The largest absolute Gasteiger partial charge is 0.449 e. The number of nitrogens with two attached hydrogens (primary N) is 2. The van der Waals surface area contributed by atoms with E-state index in [9.17, 15) is 22.8 Å². The summed E-state index contributed by atoms with van der Waals surface area (Å²) in [6.07, 6.45) is -0.988. The number of nitrogens with one attached hydrogen (secondary N) is 2. The number of carbonyl (C=O) groups is 3. The van der Waals surface area contributed by atoms with E-state index in [1.54, 1.807) is 19.1 Å². The third kappa shape index (κ3) is 3.45. The standard InChI is InChI=1S/C22H25N5O7S/c1-10-16(25-7-11-3-5-12(6-4-11)35(24,31)32)19(29)15-13(9-34-21(23)30)22(33-2)20-14(26-20)8-27(22)17(15)18(10)28/h3-6,13-14,20,25-26H,7-9H2,1-2H3,(H2,23,30)(H2,24,31,32)/t13-,14+,20+,22?/m0/s1. The van der Waals surface area contributed by atoms with Crippen LogP contribution >= 0.6 is 0 Å². The van der Waals surface area contributed by atoms with Crippen LogP contribution in [-0.2, 0) is 35.6 Å². The number of primary amides is 1. The van der Waals surface area contributed by atoms with E-state index in [0.717, 1.165) is 0 Å². The highest BCUT2D eigenvalue weighted by molar-refractivity contribution is 7.89. The molecule has 1 unspecified atom stereocenters. The second-order valence-electron chi connectivity index (χ2n) is 8.96. The number of primary sulfonamides is 1. The Morgan fingerprint density at radius 3 is 2.54 bits per heavy atom. The van der Waals surface area contributed by atoms with Crippen molar-refractivity contribution in [1.82, 2.24) is 15.5 Å². The monoisotopic (exact) mass is 503 g/mol. The number of allylic oxidation sites excluding steroid dienone is 2. The number of amides is 1. The second kappa shape index (κ2) is 7.88. The SMILES string of the molecule is COC12[C@@H]3N[C@@H]3CN1C1=C(C(=O)C(NCc3ccc(S(N)(=O)=O)cc3)=C(C)C1=O)[C@@H]2COC(N)=O. The molecule has 3 aliphatic heterocycles. The van der Waals surface area contributed by atoms with Crippen LogP contribution in [0.1, 0.15) is 12.5 Å². The molecule has 1 amide bonds. The lowest BCUT2D eigenvalue weighted by Crippen LogP contribution is -2.55. The third-order valence-electron chi connectivity index (χ3n) is 7.15. The Morgan fingerprint density at radius 2 is 1.94 bits per heavy atom. The van der Waals surface area contributed by atoms with Crippen molar-refractivity contribution < 1.29 is 32.3 Å². The maximum Gasteiger partial charge on any atom is 0.404 e. The molecule has 1 aromatic rings. The molecular formula is C22H25N5O7S. The van der Waals surface area contributed by atoms with E-state index in [1.807, 2.05) is 4.90 Å². The van der Waals surface area contributed by atoms with Gasteiger partial charge in [0.15, 0.2) is 5.72 Å². The van der Waals surface area contributed by atoms with Crippen molar-refractivity contribution in [2.45, 2.75) is 36.2 Å². The summed E-state index contributed by atoms with van der Waals surface area (Å²) in [4.78, 5) is 40.4. The van der Waals surface area contributed by atoms with E-state index in [4.69, 9.17) is 20.3 Å². The molecule has 3 heterocycles. The van der Waals surface area contributed by atoms with Crippen LogP contribution in [0.2, 0.25) is 0 Å². The van der Waals surface area contributed by atoms with Crippen molar-refractivity contribution in [3.63, 3.8) is 0 Å². The molecule has 0 aromatic heterocycles. The molecule has 13 heteroatoms. The minimum atomic E-state index is -3.83. The Hall–Kier alpha value is -3.26. The maximum atomic E-state index is 13.7. The summed E-state index contributed by atoms with van der Waals surface area (Å²) in [5.74, 6) is -1.43. The Bertz CT molecular complexity index is 1320. The fourth-order valence-corrected chi connectivity index (χ4v) is 6.01. The first kappa shape index (κ1) is 23.5. The Labute approximate surface area is 201 Å². The first-order valence-electron chi connectivity index (χ1n) is 10.9. The van der Waals surface area contributed by atoms with E-state index in [-0.39, 0.29) is 64.2 Å². The molecule has 35 heavy (non-hydrogen) atoms. The van der Waals surface area contributed by atoms with Crippen molar-refractivity contribution >= 4 is 27.7 Å². The molecule has 0 bridgehead atoms. The molecule has 0 saturated carbocycles. The Kier molecular flexibility index (Phi) is 5.29. The van der Waals surface area contributed by atoms with Crippen LogP contribution in [-0.4, -0.2) is 69.0 Å². The van der Waals surface area contributed by atoms with E-state index in [0.29, 0.717) is 12.1 Å². The molecule has 0 spiro atoms. The quantitative estimate of drug-likeness (QED) is 0.260. The summed E-state index contributed by atoms with van der Waals surface area (Å²) in [5.41, 5.74) is 5.70. The minimum absolute atomic E-state index is 0.0314. The first-order valence-corrected chi connectivity index (χ1v) is 12.5. The van der Waals surface area contributed by atoms with Crippen LogP contribution in [0.3, 0.4) is 0 Å². The van der Waals surface area contributed by atoms with Crippen molar-refractivity contribution in [3.8, 4) is 0 Å². The van der Waals surface area contributed by atoms with Gasteiger partial charge in [-0.15, -0.1) is 0 Å². The lowest BCUT2D eigenvalue weighted by Gasteiger charge is -2.39. The van der Waals surface area contributed by atoms with Gasteiger partial charge in [-0.1, -0.05) is 12.1 Å². The number of ketones is 2. The van der Waals surface area contributed by atoms with Crippen LogP contribution in [0, 0.1) is 5.92 Å². The number of hydrogen-bond acceptors (Lipinski definition) is 10. The highest BCUT2D eigenvalue weighted by atomic mass is 32.2. The molecule has 1 aliphatic carbocycles. The molecule has 2 fully saturated rings. The summed E-state index contributed by atoms with van der Waals surface area (Å²) in [6.45, 7) is 2.00. The summed E-state index contributed by atoms with van der Waals surface area (Å²) >= 11 is 0. The van der Waals surface area contributed by atoms with Gasteiger partial charge in [-0.2, -0.15) is 0 Å².